The van der Waals surface area contributed by atoms with Gasteiger partial charge < -0.3 is 16.0 Å². The van der Waals surface area contributed by atoms with Crippen LogP contribution in [0.25, 0.3) is 16.6 Å². The van der Waals surface area contributed by atoms with Gasteiger partial charge in [-0.15, -0.1) is 0 Å². The SMILES string of the molecule is CCC(C)SNC/C(N)=C/C(=C\N)c1nc2cc(F)c(F)cc2n1C1CC1. The van der Waals surface area contributed by atoms with Crippen LogP contribution in [0.15, 0.2) is 30.1 Å². The smallest absolute Gasteiger partial charge is 0.161 e. The van der Waals surface area contributed by atoms with Crippen LogP contribution >= 0.6 is 11.9 Å². The Morgan fingerprint density at radius 1 is 1.41 bits per heavy atom. The highest BCUT2D eigenvalue weighted by Crippen LogP contribution is 2.40. The molecule has 1 aromatic carbocycles. The minimum absolute atomic E-state index is 0.221. The number of allylic oxidation sites excluding steroid dienone is 2. The molecule has 5 N–H and O–H groups in total. The van der Waals surface area contributed by atoms with E-state index < -0.39 is 11.6 Å². The van der Waals surface area contributed by atoms with Gasteiger partial charge in [0.1, 0.15) is 5.82 Å². The molecule has 1 fully saturated rings. The lowest BCUT2D eigenvalue weighted by Crippen LogP contribution is -2.17. The molecule has 1 saturated carbocycles. The minimum atomic E-state index is -0.908. The fourth-order valence-corrected chi connectivity index (χ4v) is 3.49. The molecule has 1 aliphatic carbocycles. The molecule has 146 valence electrons. The maximum atomic E-state index is 13.8. The van der Waals surface area contributed by atoms with Gasteiger partial charge in [-0.3, -0.25) is 4.72 Å². The van der Waals surface area contributed by atoms with Crippen LogP contribution in [0.2, 0.25) is 0 Å². The average Bonchev–Trinajstić information content (AvgIpc) is 3.42. The quantitative estimate of drug-likeness (QED) is 0.469. The third kappa shape index (κ3) is 4.44. The zero-order chi connectivity index (χ0) is 19.6. The molecule has 0 spiro atoms. The molecule has 2 aromatic rings. The molecule has 0 aliphatic heterocycles. The van der Waals surface area contributed by atoms with Gasteiger partial charge in [0, 0.05) is 47.4 Å². The standard InChI is InChI=1S/C19H25F2N5S/c1-3-11(2)27-24-10-13(23)6-12(9-22)19-25-17-7-15(20)16(21)8-18(17)26(19)14-4-5-14/h6-9,11,14,24H,3-5,10,22-23H2,1-2H3/b12-9+,13-6-. The number of nitrogens with zero attached hydrogens (tertiary/aromatic N) is 2. The topological polar surface area (TPSA) is 81.9 Å². The first-order valence-corrected chi connectivity index (χ1v) is 9.96. The molecule has 1 unspecified atom stereocenters. The van der Waals surface area contributed by atoms with E-state index in [1.54, 1.807) is 18.0 Å². The zero-order valence-electron chi connectivity index (χ0n) is 15.5. The molecule has 1 heterocycles. The van der Waals surface area contributed by atoms with Crippen LogP contribution in [0.1, 0.15) is 45.0 Å². The van der Waals surface area contributed by atoms with Crippen LogP contribution in [0.5, 0.6) is 0 Å². The molecular formula is C19H25F2N5S. The lowest BCUT2D eigenvalue weighted by molar-refractivity contribution is 0.510. The van der Waals surface area contributed by atoms with E-state index in [0.717, 1.165) is 25.3 Å². The number of fused-ring (bicyclic) bond motifs is 1. The lowest BCUT2D eigenvalue weighted by atomic mass is 10.2. The van der Waals surface area contributed by atoms with Gasteiger partial charge in [-0.25, -0.2) is 13.8 Å². The van der Waals surface area contributed by atoms with Crippen molar-refractivity contribution in [2.75, 3.05) is 6.54 Å². The van der Waals surface area contributed by atoms with Gasteiger partial charge in [-0.1, -0.05) is 25.8 Å². The number of halogens is 2. The number of rotatable bonds is 8. The van der Waals surface area contributed by atoms with Crippen molar-refractivity contribution in [2.24, 2.45) is 11.5 Å². The molecule has 27 heavy (non-hydrogen) atoms. The summed E-state index contributed by atoms with van der Waals surface area (Å²) < 4.78 is 32.5. The Hall–Kier alpha value is -2.06. The zero-order valence-corrected chi connectivity index (χ0v) is 16.3. The molecule has 0 saturated heterocycles. The summed E-state index contributed by atoms with van der Waals surface area (Å²) in [6.07, 6.45) is 6.20. The monoisotopic (exact) mass is 393 g/mol. The van der Waals surface area contributed by atoms with E-state index in [9.17, 15) is 8.78 Å². The normalized spacial score (nSPS) is 16.9. The van der Waals surface area contributed by atoms with Gasteiger partial charge in [0.2, 0.25) is 0 Å². The summed E-state index contributed by atoms with van der Waals surface area (Å²) in [7, 11) is 0. The van der Waals surface area contributed by atoms with E-state index in [0.29, 0.717) is 39.9 Å². The third-order valence-corrected chi connectivity index (χ3v) is 5.60. The minimum Gasteiger partial charge on any atom is -0.404 e. The van der Waals surface area contributed by atoms with Crippen molar-refractivity contribution in [2.45, 2.75) is 44.4 Å². The van der Waals surface area contributed by atoms with Crippen molar-refractivity contribution in [1.82, 2.24) is 14.3 Å². The second-order valence-electron chi connectivity index (χ2n) is 6.79. The van der Waals surface area contributed by atoms with Crippen LogP contribution in [0.3, 0.4) is 0 Å². The van der Waals surface area contributed by atoms with Gasteiger partial charge in [0.05, 0.1) is 11.0 Å². The van der Waals surface area contributed by atoms with Crippen LogP contribution in [-0.4, -0.2) is 21.3 Å². The third-order valence-electron chi connectivity index (χ3n) is 4.56. The highest BCUT2D eigenvalue weighted by molar-refractivity contribution is 7.98. The molecule has 3 rings (SSSR count). The van der Waals surface area contributed by atoms with E-state index in [2.05, 4.69) is 23.6 Å². The molecule has 5 nitrogen and oxygen atoms in total. The van der Waals surface area contributed by atoms with E-state index >= 15 is 0 Å². The summed E-state index contributed by atoms with van der Waals surface area (Å²) in [6, 6.07) is 2.54. The van der Waals surface area contributed by atoms with Crippen LogP contribution in [0, 0.1) is 11.6 Å². The average molecular weight is 394 g/mol. The maximum Gasteiger partial charge on any atom is 0.161 e. The number of hydrogen-bond acceptors (Lipinski definition) is 5. The number of nitrogens with one attached hydrogen (secondary N) is 1. The molecule has 8 heteroatoms. The van der Waals surface area contributed by atoms with E-state index in [4.69, 9.17) is 11.5 Å². The van der Waals surface area contributed by atoms with Gasteiger partial charge in [-0.2, -0.15) is 0 Å². The van der Waals surface area contributed by atoms with E-state index in [1.807, 2.05) is 4.57 Å². The number of aromatic nitrogens is 2. The van der Waals surface area contributed by atoms with E-state index in [-0.39, 0.29) is 6.04 Å². The summed E-state index contributed by atoms with van der Waals surface area (Å²) in [4.78, 5) is 4.50. The first-order valence-electron chi connectivity index (χ1n) is 9.08. The van der Waals surface area contributed by atoms with Crippen molar-refractivity contribution in [3.63, 3.8) is 0 Å². The predicted octanol–water partition coefficient (Wildman–Crippen LogP) is 3.83. The Labute approximate surface area is 162 Å². The highest BCUT2D eigenvalue weighted by atomic mass is 32.2. The molecule has 1 aromatic heterocycles. The first kappa shape index (κ1) is 19.7. The molecule has 1 aliphatic rings. The van der Waals surface area contributed by atoms with Crippen LogP contribution < -0.4 is 16.2 Å². The van der Waals surface area contributed by atoms with Gasteiger partial charge in [-0.05, 0) is 25.3 Å². The fourth-order valence-electron chi connectivity index (χ4n) is 2.78. The summed E-state index contributed by atoms with van der Waals surface area (Å²) in [6.45, 7) is 4.76. The summed E-state index contributed by atoms with van der Waals surface area (Å²) in [5.41, 5.74) is 14.2. The van der Waals surface area contributed by atoms with Crippen LogP contribution in [0.4, 0.5) is 8.78 Å². The summed E-state index contributed by atoms with van der Waals surface area (Å²) >= 11 is 1.63. The number of nitrogens with two attached hydrogens (primary N) is 2. The Kier molecular flexibility index (Phi) is 6.06. The van der Waals surface area contributed by atoms with Gasteiger partial charge >= 0.3 is 0 Å². The fraction of sp³-hybridized carbons (Fsp3) is 0.421. The molecule has 1 atom stereocenters. The predicted molar refractivity (Wildman–Crippen MR) is 108 cm³/mol. The number of imidazole rings is 1. The van der Waals surface area contributed by atoms with Crippen molar-refractivity contribution in [3.05, 3.63) is 47.6 Å². The Bertz CT molecular complexity index is 886. The Balaban J connectivity index is 1.90. The maximum absolute atomic E-state index is 13.8. The van der Waals surface area contributed by atoms with Crippen molar-refractivity contribution in [1.29, 1.82) is 0 Å². The largest absolute Gasteiger partial charge is 0.404 e. The van der Waals surface area contributed by atoms with E-state index in [1.165, 1.54) is 12.3 Å². The number of benzene rings is 1. The van der Waals surface area contributed by atoms with Crippen LogP contribution in [-0.2, 0) is 0 Å². The first-order chi connectivity index (χ1) is 12.9. The Morgan fingerprint density at radius 2 is 2.11 bits per heavy atom. The summed E-state index contributed by atoms with van der Waals surface area (Å²) in [5.74, 6) is -1.21. The highest BCUT2D eigenvalue weighted by Gasteiger charge is 2.29. The second-order valence-corrected chi connectivity index (χ2v) is 8.12. The summed E-state index contributed by atoms with van der Waals surface area (Å²) in [5, 5.41) is 0.492. The molecule has 0 radical (unpaired) electrons. The molecule has 0 bridgehead atoms. The number of hydrogen-bond donors (Lipinski definition) is 3. The molecule has 0 amide bonds. The van der Waals surface area contributed by atoms with Crippen molar-refractivity contribution >= 4 is 28.6 Å². The van der Waals surface area contributed by atoms with Gasteiger partial charge in [0.15, 0.2) is 11.6 Å². The molecular weight excluding hydrogens is 368 g/mol. The van der Waals surface area contributed by atoms with Crippen molar-refractivity contribution < 1.29 is 8.78 Å². The Morgan fingerprint density at radius 3 is 2.74 bits per heavy atom. The second kappa shape index (κ2) is 8.31. The van der Waals surface area contributed by atoms with Gasteiger partial charge in [0.25, 0.3) is 0 Å². The van der Waals surface area contributed by atoms with Crippen molar-refractivity contribution in [3.8, 4) is 0 Å². The lowest BCUT2D eigenvalue weighted by Gasteiger charge is -2.11.